The van der Waals surface area contributed by atoms with Crippen LogP contribution >= 0.6 is 22.9 Å². The maximum atomic E-state index is 13.1. The van der Waals surface area contributed by atoms with E-state index in [0.717, 1.165) is 39.4 Å². The van der Waals surface area contributed by atoms with Crippen LogP contribution in [-0.4, -0.2) is 30.8 Å². The van der Waals surface area contributed by atoms with Gasteiger partial charge in [-0.1, -0.05) is 23.7 Å². The number of anilines is 1. The number of fused-ring (bicyclic) bond motifs is 1. The van der Waals surface area contributed by atoms with Crippen molar-refractivity contribution in [1.82, 2.24) is 0 Å². The van der Waals surface area contributed by atoms with E-state index in [9.17, 15) is 9.90 Å². The van der Waals surface area contributed by atoms with E-state index in [4.69, 9.17) is 21.1 Å². The molecule has 1 N–H and O–H groups in total. The molecule has 0 radical (unpaired) electrons. The first-order valence-corrected chi connectivity index (χ1v) is 11.4. The fraction of sp³-hybridized carbons (Fsp3) is 0.292. The zero-order chi connectivity index (χ0) is 21.5. The molecule has 1 aliphatic heterocycles. The standard InChI is InChI=1S/C24H22ClNO4S/c1-29-21-11-18(8-9-20(21)30-13-19(27)14-2-3-14)26-12-16-10-22(31-23(16)24(26)28)15-4-6-17(25)7-5-15/h4-11,14,19,27H,2-3,12-13H2,1H3/t19-/m0/s1. The third-order valence-electron chi connectivity index (χ3n) is 5.74. The van der Waals surface area contributed by atoms with Gasteiger partial charge >= 0.3 is 0 Å². The Hall–Kier alpha value is -2.54. The number of amides is 1. The maximum absolute atomic E-state index is 13.1. The fourth-order valence-electron chi connectivity index (χ4n) is 3.79. The summed E-state index contributed by atoms with van der Waals surface area (Å²) in [6.07, 6.45) is 1.67. The number of halogens is 1. The zero-order valence-electron chi connectivity index (χ0n) is 17.0. The second kappa shape index (κ2) is 8.19. The van der Waals surface area contributed by atoms with Gasteiger partial charge in [0.1, 0.15) is 6.61 Å². The Balaban J connectivity index is 1.33. The topological polar surface area (TPSA) is 59.0 Å². The molecule has 1 aliphatic carbocycles. The molecule has 2 aromatic carbocycles. The number of hydrogen-bond acceptors (Lipinski definition) is 5. The van der Waals surface area contributed by atoms with E-state index in [1.807, 2.05) is 36.4 Å². The highest BCUT2D eigenvalue weighted by molar-refractivity contribution is 7.17. The number of aliphatic hydroxyl groups excluding tert-OH is 1. The van der Waals surface area contributed by atoms with Crippen LogP contribution in [0.25, 0.3) is 10.4 Å². The Bertz CT molecular complexity index is 1120. The molecule has 31 heavy (non-hydrogen) atoms. The van der Waals surface area contributed by atoms with E-state index in [-0.39, 0.29) is 12.5 Å². The second-order valence-corrected chi connectivity index (χ2v) is 9.40. The van der Waals surface area contributed by atoms with Crippen LogP contribution in [0.15, 0.2) is 48.5 Å². The molecule has 1 aromatic heterocycles. The van der Waals surface area contributed by atoms with E-state index in [1.165, 1.54) is 11.3 Å². The van der Waals surface area contributed by atoms with Gasteiger partial charge in [0.2, 0.25) is 0 Å². The van der Waals surface area contributed by atoms with Crippen molar-refractivity contribution in [3.63, 3.8) is 0 Å². The Kier molecular flexibility index (Phi) is 5.38. The quantitative estimate of drug-likeness (QED) is 0.519. The number of thiophene rings is 1. The fourth-order valence-corrected chi connectivity index (χ4v) is 5.05. The Morgan fingerprint density at radius 1 is 1.16 bits per heavy atom. The molecule has 2 heterocycles. The van der Waals surface area contributed by atoms with E-state index >= 15 is 0 Å². The van der Waals surface area contributed by atoms with Crippen LogP contribution in [0.2, 0.25) is 5.02 Å². The monoisotopic (exact) mass is 455 g/mol. The lowest BCUT2D eigenvalue weighted by atomic mass is 10.1. The van der Waals surface area contributed by atoms with Gasteiger partial charge in [-0.25, -0.2) is 0 Å². The van der Waals surface area contributed by atoms with Crippen LogP contribution in [0.1, 0.15) is 28.1 Å². The molecule has 1 amide bonds. The van der Waals surface area contributed by atoms with Gasteiger partial charge in [0, 0.05) is 21.7 Å². The highest BCUT2D eigenvalue weighted by atomic mass is 35.5. The summed E-state index contributed by atoms with van der Waals surface area (Å²) in [5, 5.41) is 10.7. The normalized spacial score (nSPS) is 16.4. The van der Waals surface area contributed by atoms with Gasteiger partial charge in [-0.05, 0) is 60.2 Å². The van der Waals surface area contributed by atoms with Crippen molar-refractivity contribution < 1.29 is 19.4 Å². The molecule has 3 aromatic rings. The van der Waals surface area contributed by atoms with Crippen molar-refractivity contribution in [3.05, 3.63) is 64.0 Å². The van der Waals surface area contributed by atoms with Crippen molar-refractivity contribution >= 4 is 34.5 Å². The molecule has 2 aliphatic rings. The summed E-state index contributed by atoms with van der Waals surface area (Å²) in [6.45, 7) is 0.760. The van der Waals surface area contributed by atoms with Crippen LogP contribution in [-0.2, 0) is 6.54 Å². The molecule has 1 atom stereocenters. The number of benzene rings is 2. The van der Waals surface area contributed by atoms with Crippen LogP contribution in [0.5, 0.6) is 11.5 Å². The van der Waals surface area contributed by atoms with E-state index < -0.39 is 6.10 Å². The molecular weight excluding hydrogens is 434 g/mol. The van der Waals surface area contributed by atoms with Gasteiger partial charge in [-0.3, -0.25) is 4.79 Å². The molecule has 7 heteroatoms. The van der Waals surface area contributed by atoms with E-state index in [1.54, 1.807) is 18.1 Å². The Morgan fingerprint density at radius 3 is 2.61 bits per heavy atom. The van der Waals surface area contributed by atoms with E-state index in [0.29, 0.717) is 29.0 Å². The summed E-state index contributed by atoms with van der Waals surface area (Å²) in [7, 11) is 1.57. The van der Waals surface area contributed by atoms with Crippen molar-refractivity contribution in [2.45, 2.75) is 25.5 Å². The lowest BCUT2D eigenvalue weighted by molar-refractivity contribution is 0.0880. The minimum Gasteiger partial charge on any atom is -0.493 e. The van der Waals surface area contributed by atoms with Crippen LogP contribution in [0.3, 0.4) is 0 Å². The number of carbonyl (C=O) groups excluding carboxylic acids is 1. The van der Waals surface area contributed by atoms with Gasteiger partial charge < -0.3 is 19.5 Å². The maximum Gasteiger partial charge on any atom is 0.269 e. The van der Waals surface area contributed by atoms with E-state index in [2.05, 4.69) is 6.07 Å². The molecule has 0 saturated heterocycles. The summed E-state index contributed by atoms with van der Waals surface area (Å²) in [4.78, 5) is 16.7. The third-order valence-corrected chi connectivity index (χ3v) is 7.21. The largest absolute Gasteiger partial charge is 0.493 e. The molecule has 0 unspecified atom stereocenters. The number of methoxy groups -OCH3 is 1. The summed E-state index contributed by atoms with van der Waals surface area (Å²) in [5.41, 5.74) is 2.83. The number of carbonyl (C=O) groups is 1. The number of rotatable bonds is 7. The highest BCUT2D eigenvalue weighted by Crippen LogP contribution is 2.41. The van der Waals surface area contributed by atoms with Gasteiger partial charge in [-0.2, -0.15) is 0 Å². The first-order chi connectivity index (χ1) is 15.0. The van der Waals surface area contributed by atoms with Gasteiger partial charge in [-0.15, -0.1) is 11.3 Å². The number of hydrogen-bond donors (Lipinski definition) is 1. The predicted octanol–water partition coefficient (Wildman–Crippen LogP) is 5.39. The van der Waals surface area contributed by atoms with Crippen molar-refractivity contribution in [2.24, 2.45) is 5.92 Å². The van der Waals surface area contributed by atoms with Crippen LogP contribution < -0.4 is 14.4 Å². The smallest absolute Gasteiger partial charge is 0.269 e. The lowest BCUT2D eigenvalue weighted by Gasteiger charge is -2.19. The summed E-state index contributed by atoms with van der Waals surface area (Å²) < 4.78 is 11.3. The summed E-state index contributed by atoms with van der Waals surface area (Å²) >= 11 is 7.49. The van der Waals surface area contributed by atoms with Gasteiger partial charge in [0.15, 0.2) is 11.5 Å². The Morgan fingerprint density at radius 2 is 1.94 bits per heavy atom. The molecule has 0 spiro atoms. The molecule has 1 fully saturated rings. The Labute approximate surface area is 189 Å². The minimum absolute atomic E-state index is 0.0138. The predicted molar refractivity (Wildman–Crippen MR) is 122 cm³/mol. The molecule has 5 rings (SSSR count). The van der Waals surface area contributed by atoms with Crippen molar-refractivity contribution in [2.75, 3.05) is 18.6 Å². The number of nitrogens with zero attached hydrogens (tertiary/aromatic N) is 1. The van der Waals surface area contributed by atoms with Crippen molar-refractivity contribution in [3.8, 4) is 21.9 Å². The summed E-state index contributed by atoms with van der Waals surface area (Å²) in [6, 6.07) is 15.2. The minimum atomic E-state index is -0.449. The first kappa shape index (κ1) is 20.4. The zero-order valence-corrected chi connectivity index (χ0v) is 18.6. The second-order valence-electron chi connectivity index (χ2n) is 7.91. The van der Waals surface area contributed by atoms with Crippen molar-refractivity contribution in [1.29, 1.82) is 0 Å². The lowest BCUT2D eigenvalue weighted by Crippen LogP contribution is -2.23. The van der Waals surface area contributed by atoms with Gasteiger partial charge in [0.05, 0.1) is 24.6 Å². The average Bonchev–Trinajstić information content (AvgIpc) is 3.48. The SMILES string of the molecule is COc1cc(N2Cc3cc(-c4ccc(Cl)cc4)sc3C2=O)ccc1OC[C@H](O)C1CC1. The average molecular weight is 456 g/mol. The van der Waals surface area contributed by atoms with Crippen LogP contribution in [0, 0.1) is 5.92 Å². The molecule has 0 bridgehead atoms. The number of aliphatic hydroxyl groups is 1. The summed E-state index contributed by atoms with van der Waals surface area (Å²) in [5.74, 6) is 1.45. The number of ether oxygens (including phenoxy) is 2. The molecule has 160 valence electrons. The first-order valence-electron chi connectivity index (χ1n) is 10.2. The molecule has 1 saturated carbocycles. The highest BCUT2D eigenvalue weighted by Gasteiger charge is 2.32. The third kappa shape index (κ3) is 4.03. The molecular formula is C24H22ClNO4S. The van der Waals surface area contributed by atoms with Gasteiger partial charge in [0.25, 0.3) is 5.91 Å². The molecule has 5 nitrogen and oxygen atoms in total. The van der Waals surface area contributed by atoms with Crippen LogP contribution in [0.4, 0.5) is 5.69 Å².